The highest BCUT2D eigenvalue weighted by molar-refractivity contribution is 7.14. The molecule has 0 aromatic carbocycles. The van der Waals surface area contributed by atoms with E-state index in [4.69, 9.17) is 0 Å². The first-order valence-electron chi connectivity index (χ1n) is 5.97. The number of carbonyl (C=O) groups excluding carboxylic acids is 1. The molecule has 0 aliphatic rings. The SMILES string of the molecule is CC(=O)c1cc(-c2cccs2)n(C)c1-c1cccs1. The maximum absolute atomic E-state index is 11.9. The van der Waals surface area contributed by atoms with E-state index < -0.39 is 0 Å². The highest BCUT2D eigenvalue weighted by Gasteiger charge is 2.19. The Bertz CT molecular complexity index is 706. The molecule has 0 saturated heterocycles. The van der Waals surface area contributed by atoms with Gasteiger partial charge in [0.25, 0.3) is 0 Å². The number of Topliss-reactive ketones (excluding diaryl/α,β-unsaturated/α-hetero) is 1. The minimum Gasteiger partial charge on any atom is -0.342 e. The number of aromatic nitrogens is 1. The van der Waals surface area contributed by atoms with E-state index in [1.807, 2.05) is 30.6 Å². The number of nitrogens with zero attached hydrogens (tertiary/aromatic N) is 1. The van der Waals surface area contributed by atoms with Gasteiger partial charge in [-0.15, -0.1) is 22.7 Å². The molecule has 0 fully saturated rings. The van der Waals surface area contributed by atoms with E-state index in [2.05, 4.69) is 22.1 Å². The fourth-order valence-corrected chi connectivity index (χ4v) is 3.84. The lowest BCUT2D eigenvalue weighted by atomic mass is 10.1. The maximum atomic E-state index is 11.9. The van der Waals surface area contributed by atoms with Crippen LogP contribution in [0.1, 0.15) is 17.3 Å². The van der Waals surface area contributed by atoms with Crippen LogP contribution in [0.3, 0.4) is 0 Å². The normalized spacial score (nSPS) is 10.8. The van der Waals surface area contributed by atoms with Crippen molar-refractivity contribution in [2.45, 2.75) is 6.92 Å². The second kappa shape index (κ2) is 4.79. The van der Waals surface area contributed by atoms with Gasteiger partial charge in [-0.25, -0.2) is 0 Å². The third-order valence-electron chi connectivity index (χ3n) is 3.14. The zero-order valence-electron chi connectivity index (χ0n) is 10.7. The van der Waals surface area contributed by atoms with E-state index in [1.54, 1.807) is 29.6 Å². The van der Waals surface area contributed by atoms with Gasteiger partial charge < -0.3 is 4.57 Å². The van der Waals surface area contributed by atoms with Gasteiger partial charge in [-0.05, 0) is 35.9 Å². The Balaban J connectivity index is 2.26. The number of thiophene rings is 2. The smallest absolute Gasteiger partial charge is 0.162 e. The van der Waals surface area contributed by atoms with Gasteiger partial charge >= 0.3 is 0 Å². The first kappa shape index (κ1) is 12.4. The van der Waals surface area contributed by atoms with Gasteiger partial charge in [0, 0.05) is 12.6 Å². The van der Waals surface area contributed by atoms with Crippen LogP contribution in [0.2, 0.25) is 0 Å². The summed E-state index contributed by atoms with van der Waals surface area (Å²) in [5.41, 5.74) is 2.92. The van der Waals surface area contributed by atoms with Crippen LogP contribution in [0, 0.1) is 0 Å². The van der Waals surface area contributed by atoms with Crippen LogP contribution in [0.4, 0.5) is 0 Å². The van der Waals surface area contributed by atoms with Crippen molar-refractivity contribution in [3.05, 3.63) is 46.7 Å². The second-order valence-corrected chi connectivity index (χ2v) is 6.26. The highest BCUT2D eigenvalue weighted by Crippen LogP contribution is 2.36. The number of ketones is 1. The Hall–Kier alpha value is -1.65. The summed E-state index contributed by atoms with van der Waals surface area (Å²) in [5.74, 6) is 0.113. The van der Waals surface area contributed by atoms with Gasteiger partial charge in [-0.2, -0.15) is 0 Å². The van der Waals surface area contributed by atoms with E-state index in [1.165, 1.54) is 4.88 Å². The largest absolute Gasteiger partial charge is 0.342 e. The van der Waals surface area contributed by atoms with Crippen LogP contribution in [0.5, 0.6) is 0 Å². The maximum Gasteiger partial charge on any atom is 0.162 e. The molecule has 0 radical (unpaired) electrons. The number of hydrogen-bond donors (Lipinski definition) is 0. The molecule has 4 heteroatoms. The zero-order valence-corrected chi connectivity index (χ0v) is 12.3. The molecule has 0 spiro atoms. The molecule has 0 N–H and O–H groups in total. The van der Waals surface area contributed by atoms with E-state index in [0.29, 0.717) is 0 Å². The average Bonchev–Trinajstić information content (AvgIpc) is 3.07. The minimum absolute atomic E-state index is 0.113. The molecule has 0 unspecified atom stereocenters. The molecular weight excluding hydrogens is 274 g/mol. The summed E-state index contributed by atoms with van der Waals surface area (Å²) >= 11 is 3.36. The molecule has 0 amide bonds. The Morgan fingerprint density at radius 3 is 2.26 bits per heavy atom. The lowest BCUT2D eigenvalue weighted by Gasteiger charge is -2.05. The summed E-state index contributed by atoms with van der Waals surface area (Å²) in [7, 11) is 2.02. The lowest BCUT2D eigenvalue weighted by molar-refractivity contribution is 0.101. The molecule has 0 bridgehead atoms. The van der Waals surface area contributed by atoms with Gasteiger partial charge in [0.05, 0.1) is 21.1 Å². The minimum atomic E-state index is 0.113. The van der Waals surface area contributed by atoms with Gasteiger partial charge in [0.15, 0.2) is 5.78 Å². The van der Waals surface area contributed by atoms with Gasteiger partial charge in [0.2, 0.25) is 0 Å². The van der Waals surface area contributed by atoms with Crippen molar-refractivity contribution in [2.75, 3.05) is 0 Å². The molecule has 96 valence electrons. The number of carbonyl (C=O) groups is 1. The van der Waals surface area contributed by atoms with Crippen molar-refractivity contribution in [1.82, 2.24) is 4.57 Å². The Labute approximate surface area is 120 Å². The standard InChI is InChI=1S/C15H13NOS2/c1-10(17)11-9-12(13-5-3-7-18-13)16(2)15(11)14-6-4-8-19-14/h3-9H,1-2H3. The molecule has 3 aromatic heterocycles. The third kappa shape index (κ3) is 2.07. The first-order valence-corrected chi connectivity index (χ1v) is 7.73. The molecule has 3 aromatic rings. The van der Waals surface area contributed by atoms with Gasteiger partial charge in [0.1, 0.15) is 0 Å². The van der Waals surface area contributed by atoms with Gasteiger partial charge in [-0.3, -0.25) is 4.79 Å². The molecular formula is C15H13NOS2. The van der Waals surface area contributed by atoms with Gasteiger partial charge in [-0.1, -0.05) is 12.1 Å². The monoisotopic (exact) mass is 287 g/mol. The van der Waals surface area contributed by atoms with Crippen LogP contribution in [0.15, 0.2) is 41.1 Å². The number of hydrogen-bond acceptors (Lipinski definition) is 3. The van der Waals surface area contributed by atoms with E-state index in [9.17, 15) is 4.79 Å². The summed E-state index contributed by atoms with van der Waals surface area (Å²) in [6.07, 6.45) is 0. The van der Waals surface area contributed by atoms with Crippen LogP contribution in [0.25, 0.3) is 21.1 Å². The predicted molar refractivity (Wildman–Crippen MR) is 82.0 cm³/mol. The molecule has 0 saturated carbocycles. The molecule has 2 nitrogen and oxygen atoms in total. The van der Waals surface area contributed by atoms with Crippen molar-refractivity contribution in [3.63, 3.8) is 0 Å². The summed E-state index contributed by atoms with van der Waals surface area (Å²) in [5, 5.41) is 4.09. The predicted octanol–water partition coefficient (Wildman–Crippen LogP) is 4.68. The molecule has 19 heavy (non-hydrogen) atoms. The van der Waals surface area contributed by atoms with E-state index in [-0.39, 0.29) is 5.78 Å². The summed E-state index contributed by atoms with van der Waals surface area (Å²) in [6, 6.07) is 10.2. The van der Waals surface area contributed by atoms with Crippen LogP contribution < -0.4 is 0 Å². The number of rotatable bonds is 3. The first-order chi connectivity index (χ1) is 9.18. The van der Waals surface area contributed by atoms with E-state index >= 15 is 0 Å². The highest BCUT2D eigenvalue weighted by atomic mass is 32.1. The van der Waals surface area contributed by atoms with Crippen molar-refractivity contribution >= 4 is 28.5 Å². The summed E-state index contributed by atoms with van der Waals surface area (Å²) in [4.78, 5) is 14.2. The molecule has 0 atom stereocenters. The Morgan fingerprint density at radius 2 is 1.74 bits per heavy atom. The Morgan fingerprint density at radius 1 is 1.11 bits per heavy atom. The fraction of sp³-hybridized carbons (Fsp3) is 0.133. The van der Waals surface area contributed by atoms with E-state index in [0.717, 1.165) is 21.8 Å². The van der Waals surface area contributed by atoms with Crippen molar-refractivity contribution < 1.29 is 4.79 Å². The topological polar surface area (TPSA) is 22.0 Å². The Kier molecular flexibility index (Phi) is 3.12. The third-order valence-corrected chi connectivity index (χ3v) is 4.91. The van der Waals surface area contributed by atoms with Crippen LogP contribution >= 0.6 is 22.7 Å². The summed E-state index contributed by atoms with van der Waals surface area (Å²) in [6.45, 7) is 1.63. The van der Waals surface area contributed by atoms with Crippen molar-refractivity contribution in [1.29, 1.82) is 0 Å². The van der Waals surface area contributed by atoms with Crippen molar-refractivity contribution in [3.8, 4) is 21.1 Å². The van der Waals surface area contributed by atoms with Crippen LogP contribution in [-0.4, -0.2) is 10.4 Å². The molecule has 0 aliphatic heterocycles. The van der Waals surface area contributed by atoms with Crippen molar-refractivity contribution in [2.24, 2.45) is 7.05 Å². The molecule has 0 aliphatic carbocycles. The molecule has 3 heterocycles. The molecule has 3 rings (SSSR count). The second-order valence-electron chi connectivity index (χ2n) is 4.36. The lowest BCUT2D eigenvalue weighted by Crippen LogP contribution is -1.97. The average molecular weight is 287 g/mol. The fourth-order valence-electron chi connectivity index (χ4n) is 2.24. The van der Waals surface area contributed by atoms with Crippen LogP contribution in [-0.2, 0) is 7.05 Å². The zero-order chi connectivity index (χ0) is 13.4. The summed E-state index contributed by atoms with van der Waals surface area (Å²) < 4.78 is 2.12. The quantitative estimate of drug-likeness (QED) is 0.641.